The Bertz CT molecular complexity index is 805. The maximum Gasteiger partial charge on any atom is 0.341 e. The van der Waals surface area contributed by atoms with E-state index in [0.29, 0.717) is 17.3 Å². The Morgan fingerprint density at radius 1 is 1.26 bits per heavy atom. The van der Waals surface area contributed by atoms with E-state index >= 15 is 0 Å². The van der Waals surface area contributed by atoms with Crippen molar-refractivity contribution in [2.45, 2.75) is 33.2 Å². The van der Waals surface area contributed by atoms with Crippen LogP contribution in [0.15, 0.2) is 30.3 Å². The van der Waals surface area contributed by atoms with Crippen molar-refractivity contribution in [1.82, 2.24) is 0 Å². The summed E-state index contributed by atoms with van der Waals surface area (Å²) in [5, 5.41) is 7.66. The number of carbonyl (C=O) groups is 1. The molecule has 0 bridgehead atoms. The van der Waals surface area contributed by atoms with Gasteiger partial charge in [0.2, 0.25) is 0 Å². The molecule has 5 nitrogen and oxygen atoms in total. The lowest BCUT2D eigenvalue weighted by Crippen LogP contribution is -3.11. The van der Waals surface area contributed by atoms with Gasteiger partial charge in [0.05, 0.1) is 30.1 Å². The highest BCUT2D eigenvalue weighted by Gasteiger charge is 2.30. The first-order valence-corrected chi connectivity index (χ1v) is 10.6. The van der Waals surface area contributed by atoms with E-state index in [0.717, 1.165) is 48.7 Å². The second-order valence-corrected chi connectivity index (χ2v) is 8.06. The second kappa shape index (κ2) is 9.30. The summed E-state index contributed by atoms with van der Waals surface area (Å²) >= 11 is 7.09. The fourth-order valence-corrected chi connectivity index (χ4v) is 4.99. The molecule has 27 heavy (non-hydrogen) atoms. The van der Waals surface area contributed by atoms with Crippen LogP contribution in [-0.2, 0) is 17.7 Å². The van der Waals surface area contributed by atoms with Gasteiger partial charge in [-0.3, -0.25) is 0 Å². The smallest absolute Gasteiger partial charge is 0.341 e. The number of para-hydroxylation sites is 1. The fraction of sp³-hybridized carbons (Fsp3) is 0.400. The third-order valence-electron chi connectivity index (χ3n) is 4.57. The summed E-state index contributed by atoms with van der Waals surface area (Å²) in [6, 6.07) is 9.75. The molecule has 144 valence electrons. The summed E-state index contributed by atoms with van der Waals surface area (Å²) in [5.41, 5.74) is 2.69. The van der Waals surface area contributed by atoms with Crippen molar-refractivity contribution in [3.8, 4) is 0 Å². The highest BCUT2D eigenvalue weighted by molar-refractivity contribution is 7.80. The standard InChI is InChI=1S/C20H25N3O2S2/c1-3-11-23-12-10-15-16(13-23)27-18(17(15)19(24)25-4-2)22-20(26)21-14-8-6-5-7-9-14/h5-9H,3-4,10-13H2,1-2H3,(H2,21,22,26)/p+1. The van der Waals surface area contributed by atoms with E-state index < -0.39 is 0 Å². The zero-order valence-corrected chi connectivity index (χ0v) is 17.4. The molecule has 1 aromatic heterocycles. The minimum absolute atomic E-state index is 0.265. The molecular weight excluding hydrogens is 378 g/mol. The van der Waals surface area contributed by atoms with Crippen molar-refractivity contribution in [3.05, 3.63) is 46.3 Å². The van der Waals surface area contributed by atoms with Crippen LogP contribution in [0.25, 0.3) is 0 Å². The number of hydrogen-bond donors (Lipinski definition) is 3. The average Bonchev–Trinajstić information content (AvgIpc) is 3.00. The zero-order chi connectivity index (χ0) is 19.2. The van der Waals surface area contributed by atoms with Crippen LogP contribution in [-0.4, -0.2) is 30.8 Å². The highest BCUT2D eigenvalue weighted by atomic mass is 32.1. The van der Waals surface area contributed by atoms with Gasteiger partial charge in [-0.25, -0.2) is 4.79 Å². The summed E-state index contributed by atoms with van der Waals surface area (Å²) in [6.07, 6.45) is 2.06. The number of nitrogens with one attached hydrogen (secondary N) is 3. The Hall–Kier alpha value is -1.96. The molecule has 0 aliphatic carbocycles. The number of fused-ring (bicyclic) bond motifs is 1. The Morgan fingerprint density at radius 2 is 2.04 bits per heavy atom. The van der Waals surface area contributed by atoms with E-state index in [9.17, 15) is 4.79 Å². The molecule has 7 heteroatoms. The maximum atomic E-state index is 12.6. The number of rotatable bonds is 6. The van der Waals surface area contributed by atoms with E-state index in [-0.39, 0.29) is 5.97 Å². The van der Waals surface area contributed by atoms with Crippen LogP contribution in [0.1, 0.15) is 41.1 Å². The van der Waals surface area contributed by atoms with Crippen LogP contribution in [0.2, 0.25) is 0 Å². The van der Waals surface area contributed by atoms with Crippen LogP contribution in [0.3, 0.4) is 0 Å². The number of thiocarbonyl (C=S) groups is 1. The summed E-state index contributed by atoms with van der Waals surface area (Å²) in [6.45, 7) is 7.57. The van der Waals surface area contributed by atoms with Crippen LogP contribution in [0, 0.1) is 0 Å². The number of quaternary nitrogens is 1. The van der Waals surface area contributed by atoms with Gasteiger partial charge in [0.15, 0.2) is 5.11 Å². The van der Waals surface area contributed by atoms with E-state index in [4.69, 9.17) is 17.0 Å². The summed E-state index contributed by atoms with van der Waals surface area (Å²) in [4.78, 5) is 15.4. The number of hydrogen-bond acceptors (Lipinski definition) is 4. The van der Waals surface area contributed by atoms with Crippen LogP contribution >= 0.6 is 23.6 Å². The first-order valence-electron chi connectivity index (χ1n) is 9.40. The molecule has 0 radical (unpaired) electrons. The summed E-state index contributed by atoms with van der Waals surface area (Å²) in [7, 11) is 0. The van der Waals surface area contributed by atoms with E-state index in [1.807, 2.05) is 37.3 Å². The molecule has 3 rings (SSSR count). The van der Waals surface area contributed by atoms with Gasteiger partial charge in [0, 0.05) is 12.1 Å². The number of ether oxygens (including phenoxy) is 1. The zero-order valence-electron chi connectivity index (χ0n) is 15.8. The van der Waals surface area contributed by atoms with Gasteiger partial charge >= 0.3 is 5.97 Å². The SMILES string of the molecule is CCC[NH+]1CCc2c(sc(NC(=S)Nc3ccccc3)c2C(=O)OCC)C1. The van der Waals surface area contributed by atoms with Gasteiger partial charge in [-0.1, -0.05) is 25.1 Å². The minimum atomic E-state index is -0.265. The second-order valence-electron chi connectivity index (χ2n) is 6.55. The number of esters is 1. The van der Waals surface area contributed by atoms with E-state index in [1.165, 1.54) is 4.88 Å². The van der Waals surface area contributed by atoms with Crippen molar-refractivity contribution in [2.24, 2.45) is 0 Å². The molecule has 0 saturated carbocycles. The quantitative estimate of drug-likeness (QED) is 0.510. The molecule has 0 fully saturated rings. The summed E-state index contributed by atoms with van der Waals surface area (Å²) in [5.74, 6) is -0.265. The molecule has 2 heterocycles. The Labute approximate surface area is 169 Å². The van der Waals surface area contributed by atoms with Crippen molar-refractivity contribution < 1.29 is 14.4 Å². The fourth-order valence-electron chi connectivity index (χ4n) is 3.40. The lowest BCUT2D eigenvalue weighted by atomic mass is 10.0. The van der Waals surface area contributed by atoms with Crippen molar-refractivity contribution in [3.63, 3.8) is 0 Å². The largest absolute Gasteiger partial charge is 0.462 e. The van der Waals surface area contributed by atoms with Crippen molar-refractivity contribution in [1.29, 1.82) is 0 Å². The summed E-state index contributed by atoms with van der Waals surface area (Å²) < 4.78 is 5.32. The molecule has 0 spiro atoms. The molecule has 1 aromatic carbocycles. The number of anilines is 2. The van der Waals surface area contributed by atoms with Crippen LogP contribution in [0.5, 0.6) is 0 Å². The van der Waals surface area contributed by atoms with Crippen LogP contribution in [0.4, 0.5) is 10.7 Å². The molecule has 1 aliphatic heterocycles. The van der Waals surface area contributed by atoms with Gasteiger partial charge < -0.3 is 20.3 Å². The number of thiophene rings is 1. The minimum Gasteiger partial charge on any atom is -0.462 e. The lowest BCUT2D eigenvalue weighted by molar-refractivity contribution is -0.915. The molecule has 0 saturated heterocycles. The molecule has 0 amide bonds. The molecule has 1 unspecified atom stereocenters. The van der Waals surface area contributed by atoms with Gasteiger partial charge in [-0.15, -0.1) is 11.3 Å². The van der Waals surface area contributed by atoms with E-state index in [2.05, 4.69) is 17.6 Å². The first kappa shape index (κ1) is 19.8. The molecule has 1 aliphatic rings. The number of carbonyl (C=O) groups excluding carboxylic acids is 1. The van der Waals surface area contributed by atoms with Crippen molar-refractivity contribution >= 4 is 45.3 Å². The monoisotopic (exact) mass is 404 g/mol. The maximum absolute atomic E-state index is 12.6. The van der Waals surface area contributed by atoms with Crippen molar-refractivity contribution in [2.75, 3.05) is 30.3 Å². The van der Waals surface area contributed by atoms with Gasteiger partial charge in [-0.05, 0) is 43.3 Å². The predicted molar refractivity (Wildman–Crippen MR) is 115 cm³/mol. The highest BCUT2D eigenvalue weighted by Crippen LogP contribution is 2.35. The van der Waals surface area contributed by atoms with Gasteiger partial charge in [0.1, 0.15) is 11.5 Å². The third kappa shape index (κ3) is 4.86. The van der Waals surface area contributed by atoms with Gasteiger partial charge in [0.25, 0.3) is 0 Å². The molecular formula is C20H26N3O2S2+. The normalized spacial score (nSPS) is 15.7. The molecule has 2 aromatic rings. The predicted octanol–water partition coefficient (Wildman–Crippen LogP) is 3.08. The number of benzene rings is 1. The average molecular weight is 405 g/mol. The molecule has 3 N–H and O–H groups in total. The first-order chi connectivity index (χ1) is 13.1. The third-order valence-corrected chi connectivity index (χ3v) is 5.92. The van der Waals surface area contributed by atoms with E-state index in [1.54, 1.807) is 16.2 Å². The lowest BCUT2D eigenvalue weighted by Gasteiger charge is -2.23. The Balaban J connectivity index is 1.83. The topological polar surface area (TPSA) is 54.8 Å². The molecule has 1 atom stereocenters. The van der Waals surface area contributed by atoms with Crippen LogP contribution < -0.4 is 15.5 Å². The van der Waals surface area contributed by atoms with Gasteiger partial charge in [-0.2, -0.15) is 0 Å². The Kier molecular flexibility index (Phi) is 6.82. The Morgan fingerprint density at radius 3 is 2.74 bits per heavy atom.